The molecule has 3 heterocycles. The van der Waals surface area contributed by atoms with Gasteiger partial charge in [0.25, 0.3) is 0 Å². The van der Waals surface area contributed by atoms with Gasteiger partial charge in [0.15, 0.2) is 0 Å². The van der Waals surface area contributed by atoms with Crippen molar-refractivity contribution in [2.75, 3.05) is 26.2 Å². The quantitative estimate of drug-likeness (QED) is 0.716. The Morgan fingerprint density at radius 1 is 1.17 bits per heavy atom. The van der Waals surface area contributed by atoms with Gasteiger partial charge in [-0.15, -0.1) is 0 Å². The number of pyridine rings is 1. The number of nitrogens with zero attached hydrogens (tertiary/aromatic N) is 2. The molecule has 4 nitrogen and oxygen atoms in total. The van der Waals surface area contributed by atoms with Crippen molar-refractivity contribution in [3.05, 3.63) is 35.7 Å². The lowest BCUT2D eigenvalue weighted by atomic mass is 10.1. The fourth-order valence-electron chi connectivity index (χ4n) is 3.79. The first-order valence-electron chi connectivity index (χ1n) is 8.95. The maximum absolute atomic E-state index is 6.07. The molecule has 126 valence electrons. The predicted octanol–water partition coefficient (Wildman–Crippen LogP) is 4.20. The van der Waals surface area contributed by atoms with Gasteiger partial charge in [-0.1, -0.05) is 0 Å². The Balaban J connectivity index is 1.52. The highest BCUT2D eigenvalue weighted by Crippen LogP contribution is 2.32. The molecule has 1 fully saturated rings. The van der Waals surface area contributed by atoms with E-state index in [-0.39, 0.29) is 0 Å². The second-order valence-electron chi connectivity index (χ2n) is 6.86. The standard InChI is InChI=1S/C20H25N3O/c1-14-12-16-18(22-17-6-7-21-15(2)20(16)17)13-19(14)24-11-5-10-23-8-3-4-9-23/h6-7,12-13,22H,3-5,8-11H2,1-2H3. The molecule has 1 aliphatic heterocycles. The molecule has 4 rings (SSSR count). The van der Waals surface area contributed by atoms with Gasteiger partial charge in [-0.3, -0.25) is 4.98 Å². The fraction of sp³-hybridized carbons (Fsp3) is 0.450. The molecule has 0 spiro atoms. The minimum Gasteiger partial charge on any atom is -0.493 e. The number of nitrogens with one attached hydrogen (secondary N) is 1. The molecule has 3 aromatic rings. The monoisotopic (exact) mass is 323 g/mol. The summed E-state index contributed by atoms with van der Waals surface area (Å²) >= 11 is 0. The summed E-state index contributed by atoms with van der Waals surface area (Å²) in [5, 5.41) is 2.45. The molecule has 0 unspecified atom stereocenters. The predicted molar refractivity (Wildman–Crippen MR) is 98.9 cm³/mol. The van der Waals surface area contributed by atoms with Crippen LogP contribution >= 0.6 is 0 Å². The average Bonchev–Trinajstić information content (AvgIpc) is 3.19. The molecule has 0 amide bonds. The van der Waals surface area contributed by atoms with Gasteiger partial charge >= 0.3 is 0 Å². The van der Waals surface area contributed by atoms with E-state index >= 15 is 0 Å². The van der Waals surface area contributed by atoms with Crippen molar-refractivity contribution in [3.63, 3.8) is 0 Å². The Morgan fingerprint density at radius 3 is 2.83 bits per heavy atom. The molecule has 1 aliphatic rings. The van der Waals surface area contributed by atoms with Crippen LogP contribution in [0.15, 0.2) is 24.4 Å². The number of aromatic nitrogens is 2. The summed E-state index contributed by atoms with van der Waals surface area (Å²) in [4.78, 5) is 10.5. The van der Waals surface area contributed by atoms with Crippen molar-refractivity contribution in [2.45, 2.75) is 33.1 Å². The van der Waals surface area contributed by atoms with Crippen molar-refractivity contribution in [2.24, 2.45) is 0 Å². The Bertz CT molecular complexity index is 862. The molecule has 4 heteroatoms. The maximum Gasteiger partial charge on any atom is 0.124 e. The molecule has 0 atom stereocenters. The topological polar surface area (TPSA) is 41.1 Å². The summed E-state index contributed by atoms with van der Waals surface area (Å²) in [6.45, 7) is 8.64. The van der Waals surface area contributed by atoms with Crippen LogP contribution in [0.5, 0.6) is 5.75 Å². The van der Waals surface area contributed by atoms with Crippen LogP contribution in [0.1, 0.15) is 30.5 Å². The van der Waals surface area contributed by atoms with E-state index in [0.717, 1.165) is 42.0 Å². The van der Waals surface area contributed by atoms with Gasteiger partial charge in [0.1, 0.15) is 5.75 Å². The second kappa shape index (κ2) is 6.44. The largest absolute Gasteiger partial charge is 0.493 e. The Kier molecular flexibility index (Phi) is 4.15. The number of aromatic amines is 1. The van der Waals surface area contributed by atoms with E-state index in [1.807, 2.05) is 12.3 Å². The van der Waals surface area contributed by atoms with Crippen molar-refractivity contribution in [1.29, 1.82) is 0 Å². The van der Waals surface area contributed by atoms with Crippen LogP contribution in [-0.4, -0.2) is 41.1 Å². The third-order valence-electron chi connectivity index (χ3n) is 5.07. The highest BCUT2D eigenvalue weighted by Gasteiger charge is 2.12. The van der Waals surface area contributed by atoms with Gasteiger partial charge in [-0.25, -0.2) is 0 Å². The highest BCUT2D eigenvalue weighted by molar-refractivity contribution is 6.08. The number of benzene rings is 1. The van der Waals surface area contributed by atoms with Crippen LogP contribution in [0.2, 0.25) is 0 Å². The SMILES string of the molecule is Cc1cc2c(cc1OCCCN1CCCC1)[nH]c1ccnc(C)c12. The molecule has 1 saturated heterocycles. The molecule has 0 bridgehead atoms. The summed E-state index contributed by atoms with van der Waals surface area (Å²) in [5.41, 5.74) is 4.52. The van der Waals surface area contributed by atoms with Gasteiger partial charge in [0, 0.05) is 40.8 Å². The van der Waals surface area contributed by atoms with Gasteiger partial charge in [-0.2, -0.15) is 0 Å². The minimum atomic E-state index is 0.781. The van der Waals surface area contributed by atoms with Crippen molar-refractivity contribution in [3.8, 4) is 5.75 Å². The molecular weight excluding hydrogens is 298 g/mol. The van der Waals surface area contributed by atoms with E-state index in [9.17, 15) is 0 Å². The lowest BCUT2D eigenvalue weighted by molar-refractivity contribution is 0.262. The minimum absolute atomic E-state index is 0.781. The molecule has 1 N–H and O–H groups in total. The number of hydrogen-bond donors (Lipinski definition) is 1. The van der Waals surface area contributed by atoms with Gasteiger partial charge in [0.2, 0.25) is 0 Å². The first kappa shape index (κ1) is 15.5. The number of fused-ring (bicyclic) bond motifs is 3. The van der Waals surface area contributed by atoms with Gasteiger partial charge in [0.05, 0.1) is 12.1 Å². The molecule has 0 saturated carbocycles. The summed E-state index contributed by atoms with van der Waals surface area (Å²) in [7, 11) is 0. The third kappa shape index (κ3) is 2.86. The molecule has 0 radical (unpaired) electrons. The van der Waals surface area contributed by atoms with Crippen molar-refractivity contribution < 1.29 is 4.74 Å². The van der Waals surface area contributed by atoms with E-state index in [0.29, 0.717) is 0 Å². The Hall–Kier alpha value is -2.07. The molecule has 0 aliphatic carbocycles. The summed E-state index contributed by atoms with van der Waals surface area (Å²) in [6.07, 6.45) is 5.65. The zero-order chi connectivity index (χ0) is 16.5. The Labute approximate surface area is 142 Å². The van der Waals surface area contributed by atoms with Crippen molar-refractivity contribution in [1.82, 2.24) is 14.9 Å². The van der Waals surface area contributed by atoms with E-state index in [4.69, 9.17) is 4.74 Å². The molecular formula is C20H25N3O. The molecule has 2 aromatic heterocycles. The number of H-pyrrole nitrogens is 1. The lowest BCUT2D eigenvalue weighted by Gasteiger charge is -2.15. The van der Waals surface area contributed by atoms with Crippen LogP contribution in [-0.2, 0) is 0 Å². The van der Waals surface area contributed by atoms with Crippen LogP contribution in [0, 0.1) is 13.8 Å². The van der Waals surface area contributed by atoms with E-state index in [1.54, 1.807) is 0 Å². The van der Waals surface area contributed by atoms with E-state index < -0.39 is 0 Å². The fourth-order valence-corrected chi connectivity index (χ4v) is 3.79. The van der Waals surface area contributed by atoms with Crippen LogP contribution in [0.3, 0.4) is 0 Å². The number of hydrogen-bond acceptors (Lipinski definition) is 3. The van der Waals surface area contributed by atoms with Gasteiger partial charge < -0.3 is 14.6 Å². The summed E-state index contributed by atoms with van der Waals surface area (Å²) in [5.74, 6) is 0.987. The second-order valence-corrected chi connectivity index (χ2v) is 6.86. The first-order valence-corrected chi connectivity index (χ1v) is 8.95. The van der Waals surface area contributed by atoms with Gasteiger partial charge in [-0.05, 0) is 63.9 Å². The van der Waals surface area contributed by atoms with Crippen LogP contribution in [0.25, 0.3) is 21.8 Å². The lowest BCUT2D eigenvalue weighted by Crippen LogP contribution is -2.21. The zero-order valence-corrected chi connectivity index (χ0v) is 14.6. The Morgan fingerprint density at radius 2 is 2.00 bits per heavy atom. The number of likely N-dealkylation sites (tertiary alicyclic amines) is 1. The number of ether oxygens (including phenoxy) is 1. The average molecular weight is 323 g/mol. The smallest absolute Gasteiger partial charge is 0.124 e. The maximum atomic E-state index is 6.07. The van der Waals surface area contributed by atoms with E-state index in [1.165, 1.54) is 42.3 Å². The first-order chi connectivity index (χ1) is 11.7. The van der Waals surface area contributed by atoms with Crippen molar-refractivity contribution >= 4 is 21.8 Å². The third-order valence-corrected chi connectivity index (χ3v) is 5.07. The van der Waals surface area contributed by atoms with Crippen LogP contribution in [0.4, 0.5) is 0 Å². The summed E-state index contributed by atoms with van der Waals surface area (Å²) < 4.78 is 6.07. The number of rotatable bonds is 5. The zero-order valence-electron chi connectivity index (χ0n) is 14.6. The molecule has 1 aromatic carbocycles. The van der Waals surface area contributed by atoms with E-state index in [2.05, 4.69) is 40.8 Å². The normalized spacial score (nSPS) is 15.6. The molecule has 24 heavy (non-hydrogen) atoms. The van der Waals surface area contributed by atoms with Crippen LogP contribution < -0.4 is 4.74 Å². The highest BCUT2D eigenvalue weighted by atomic mass is 16.5. The summed E-state index contributed by atoms with van der Waals surface area (Å²) in [6, 6.07) is 6.40. The number of aryl methyl sites for hydroxylation is 2.